The maximum atomic E-state index is 12.3. The van der Waals surface area contributed by atoms with Crippen LogP contribution in [0.1, 0.15) is 35.9 Å². The zero-order valence-electron chi connectivity index (χ0n) is 10.9. The molecule has 2 unspecified atom stereocenters. The van der Waals surface area contributed by atoms with Crippen molar-refractivity contribution >= 4 is 27.3 Å². The van der Waals surface area contributed by atoms with Crippen LogP contribution in [-0.2, 0) is 14.8 Å². The standard InChI is InChI=1S/C12H17NO4S2/c1-8-3-4-9(7-8)13-19(15,16)10-5-6-18-11(10)12(14)17-2/h5-6,8-9,13H,3-4,7H2,1-2H3. The molecule has 0 amide bonds. The van der Waals surface area contributed by atoms with E-state index in [0.29, 0.717) is 5.92 Å². The third kappa shape index (κ3) is 3.16. The van der Waals surface area contributed by atoms with Crippen LogP contribution in [0.15, 0.2) is 16.3 Å². The van der Waals surface area contributed by atoms with Crippen molar-refractivity contribution in [2.45, 2.75) is 37.1 Å². The number of hydrogen-bond donors (Lipinski definition) is 1. The number of esters is 1. The second-order valence-corrected chi connectivity index (χ2v) is 7.44. The van der Waals surface area contributed by atoms with Crippen LogP contribution in [0.25, 0.3) is 0 Å². The van der Waals surface area contributed by atoms with Crippen LogP contribution in [0.4, 0.5) is 0 Å². The highest BCUT2D eigenvalue weighted by molar-refractivity contribution is 7.89. The fraction of sp³-hybridized carbons (Fsp3) is 0.583. The Bertz CT molecular complexity index is 564. The van der Waals surface area contributed by atoms with Crippen LogP contribution in [-0.4, -0.2) is 27.5 Å². The van der Waals surface area contributed by atoms with E-state index in [1.54, 1.807) is 5.38 Å². The highest BCUT2D eigenvalue weighted by Gasteiger charge is 2.30. The number of ether oxygens (including phenoxy) is 1. The summed E-state index contributed by atoms with van der Waals surface area (Å²) < 4.78 is 31.8. The van der Waals surface area contributed by atoms with Gasteiger partial charge in [0.2, 0.25) is 10.0 Å². The van der Waals surface area contributed by atoms with Gasteiger partial charge in [0, 0.05) is 6.04 Å². The predicted octanol–water partition coefficient (Wildman–Crippen LogP) is 2.00. The molecular formula is C12H17NO4S2. The number of rotatable bonds is 4. The van der Waals surface area contributed by atoms with Crippen LogP contribution in [0.5, 0.6) is 0 Å². The summed E-state index contributed by atoms with van der Waals surface area (Å²) in [6.07, 6.45) is 2.72. The molecule has 1 aliphatic rings. The van der Waals surface area contributed by atoms with E-state index in [1.165, 1.54) is 13.2 Å². The van der Waals surface area contributed by atoms with Gasteiger partial charge in [-0.2, -0.15) is 0 Å². The van der Waals surface area contributed by atoms with E-state index in [2.05, 4.69) is 16.4 Å². The number of thiophene rings is 1. The molecule has 0 radical (unpaired) electrons. The smallest absolute Gasteiger partial charge is 0.349 e. The van der Waals surface area contributed by atoms with E-state index < -0.39 is 16.0 Å². The maximum absolute atomic E-state index is 12.3. The van der Waals surface area contributed by atoms with Gasteiger partial charge in [-0.1, -0.05) is 6.92 Å². The number of hydrogen-bond acceptors (Lipinski definition) is 5. The minimum atomic E-state index is -3.65. The van der Waals surface area contributed by atoms with Crippen LogP contribution >= 0.6 is 11.3 Å². The van der Waals surface area contributed by atoms with E-state index in [4.69, 9.17) is 0 Å². The zero-order valence-corrected chi connectivity index (χ0v) is 12.5. The van der Waals surface area contributed by atoms with Crippen molar-refractivity contribution in [1.82, 2.24) is 4.72 Å². The van der Waals surface area contributed by atoms with E-state index >= 15 is 0 Å². The molecule has 1 aromatic heterocycles. The molecule has 1 saturated carbocycles. The summed E-state index contributed by atoms with van der Waals surface area (Å²) in [5.41, 5.74) is 0. The van der Waals surface area contributed by atoms with Crippen LogP contribution < -0.4 is 4.72 Å². The van der Waals surface area contributed by atoms with Crippen molar-refractivity contribution in [1.29, 1.82) is 0 Å². The topological polar surface area (TPSA) is 72.5 Å². The monoisotopic (exact) mass is 303 g/mol. The second-order valence-electron chi connectivity index (χ2n) is 4.84. The highest BCUT2D eigenvalue weighted by Crippen LogP contribution is 2.28. The maximum Gasteiger partial charge on any atom is 0.349 e. The molecule has 2 rings (SSSR count). The molecule has 0 spiro atoms. The third-order valence-corrected chi connectivity index (χ3v) is 5.89. The van der Waals surface area contributed by atoms with Crippen LogP contribution in [0.2, 0.25) is 0 Å². The van der Waals surface area contributed by atoms with Crippen molar-refractivity contribution in [3.63, 3.8) is 0 Å². The molecule has 5 nitrogen and oxygen atoms in total. The molecule has 0 saturated heterocycles. The summed E-state index contributed by atoms with van der Waals surface area (Å²) in [5, 5.41) is 1.58. The molecule has 1 fully saturated rings. The molecule has 19 heavy (non-hydrogen) atoms. The van der Waals surface area contributed by atoms with E-state index in [9.17, 15) is 13.2 Å². The lowest BCUT2D eigenvalue weighted by Gasteiger charge is -2.12. The Morgan fingerprint density at radius 2 is 2.21 bits per heavy atom. The van der Waals surface area contributed by atoms with E-state index in [-0.39, 0.29) is 15.8 Å². The van der Waals surface area contributed by atoms with Crippen molar-refractivity contribution < 1.29 is 17.9 Å². The minimum Gasteiger partial charge on any atom is -0.465 e. The Hall–Kier alpha value is -0.920. The lowest BCUT2D eigenvalue weighted by molar-refractivity contribution is 0.0602. The largest absolute Gasteiger partial charge is 0.465 e. The predicted molar refractivity (Wildman–Crippen MR) is 72.8 cm³/mol. The number of nitrogens with one attached hydrogen (secondary N) is 1. The first-order valence-electron chi connectivity index (χ1n) is 6.12. The highest BCUT2D eigenvalue weighted by atomic mass is 32.2. The van der Waals surface area contributed by atoms with E-state index in [0.717, 1.165) is 30.6 Å². The van der Waals surface area contributed by atoms with Crippen molar-refractivity contribution in [3.05, 3.63) is 16.3 Å². The summed E-state index contributed by atoms with van der Waals surface area (Å²) in [6, 6.07) is 1.41. The van der Waals surface area contributed by atoms with Crippen LogP contribution in [0.3, 0.4) is 0 Å². The molecule has 0 aliphatic heterocycles. The third-order valence-electron chi connectivity index (χ3n) is 3.31. The number of carbonyl (C=O) groups excluding carboxylic acids is 1. The Labute approximate surface area is 117 Å². The zero-order chi connectivity index (χ0) is 14.0. The van der Waals surface area contributed by atoms with Gasteiger partial charge in [-0.3, -0.25) is 0 Å². The lowest BCUT2D eigenvalue weighted by atomic mass is 10.1. The quantitative estimate of drug-likeness (QED) is 0.864. The van der Waals surface area contributed by atoms with Crippen LogP contribution in [0, 0.1) is 5.92 Å². The molecule has 1 heterocycles. The lowest BCUT2D eigenvalue weighted by Crippen LogP contribution is -2.33. The molecule has 7 heteroatoms. The van der Waals surface area contributed by atoms with Gasteiger partial charge in [0.25, 0.3) is 0 Å². The molecule has 0 aromatic carbocycles. The number of sulfonamides is 1. The van der Waals surface area contributed by atoms with Gasteiger partial charge in [0.05, 0.1) is 7.11 Å². The number of methoxy groups -OCH3 is 1. The fourth-order valence-electron chi connectivity index (χ4n) is 2.35. The van der Waals surface area contributed by atoms with Gasteiger partial charge < -0.3 is 4.74 Å². The average Bonchev–Trinajstić information content (AvgIpc) is 2.97. The number of carbonyl (C=O) groups is 1. The summed E-state index contributed by atoms with van der Waals surface area (Å²) in [6.45, 7) is 2.11. The van der Waals surface area contributed by atoms with Gasteiger partial charge in [0.15, 0.2) is 0 Å². The SMILES string of the molecule is COC(=O)c1sccc1S(=O)(=O)NC1CCC(C)C1. The average molecular weight is 303 g/mol. The molecule has 1 N–H and O–H groups in total. The van der Waals surface area contributed by atoms with E-state index in [1.807, 2.05) is 0 Å². The molecular weight excluding hydrogens is 286 g/mol. The fourth-order valence-corrected chi connectivity index (χ4v) is 4.97. The van der Waals surface area contributed by atoms with Crippen molar-refractivity contribution in [2.75, 3.05) is 7.11 Å². The second kappa shape index (κ2) is 5.60. The summed E-state index contributed by atoms with van der Waals surface area (Å²) in [4.78, 5) is 11.7. The van der Waals surface area contributed by atoms with Gasteiger partial charge in [0.1, 0.15) is 9.77 Å². The van der Waals surface area contributed by atoms with Gasteiger partial charge in [-0.05, 0) is 36.6 Å². The Kier molecular flexibility index (Phi) is 4.27. The van der Waals surface area contributed by atoms with Gasteiger partial charge >= 0.3 is 5.97 Å². The molecule has 106 valence electrons. The summed E-state index contributed by atoms with van der Waals surface area (Å²) in [5.74, 6) is -0.0783. The van der Waals surface area contributed by atoms with Gasteiger partial charge in [-0.25, -0.2) is 17.9 Å². The first-order valence-corrected chi connectivity index (χ1v) is 8.48. The normalized spacial score (nSPS) is 23.5. The van der Waals surface area contributed by atoms with Crippen molar-refractivity contribution in [3.8, 4) is 0 Å². The first-order chi connectivity index (χ1) is 8.94. The Balaban J connectivity index is 2.20. The Morgan fingerprint density at radius 1 is 1.47 bits per heavy atom. The molecule has 0 bridgehead atoms. The first kappa shape index (κ1) is 14.5. The van der Waals surface area contributed by atoms with Crippen molar-refractivity contribution in [2.24, 2.45) is 5.92 Å². The Morgan fingerprint density at radius 3 is 2.79 bits per heavy atom. The molecule has 2 atom stereocenters. The summed E-state index contributed by atoms with van der Waals surface area (Å²) >= 11 is 1.07. The minimum absolute atomic E-state index is 0.0175. The summed E-state index contributed by atoms with van der Waals surface area (Å²) in [7, 11) is -2.41. The molecule has 1 aromatic rings. The molecule has 1 aliphatic carbocycles. The van der Waals surface area contributed by atoms with Gasteiger partial charge in [-0.15, -0.1) is 11.3 Å².